The Balaban J connectivity index is 1.40. The highest BCUT2D eigenvalue weighted by Crippen LogP contribution is 2.47. The van der Waals surface area contributed by atoms with Gasteiger partial charge in [0.05, 0.1) is 12.2 Å². The van der Waals surface area contributed by atoms with Gasteiger partial charge in [-0.1, -0.05) is 30.2 Å². The number of aryl methyl sites for hydroxylation is 1. The number of hydrogen-bond acceptors (Lipinski definition) is 6. The van der Waals surface area contributed by atoms with Crippen LogP contribution in [0, 0.1) is 18.8 Å². The fourth-order valence-electron chi connectivity index (χ4n) is 5.48. The molecule has 2 saturated carbocycles. The number of ether oxygens (including phenoxy) is 2. The van der Waals surface area contributed by atoms with Gasteiger partial charge in [-0.25, -0.2) is 9.59 Å². The van der Waals surface area contributed by atoms with Crippen molar-refractivity contribution in [3.8, 4) is 11.5 Å². The number of esters is 1. The molecule has 2 aliphatic carbocycles. The van der Waals surface area contributed by atoms with Crippen molar-refractivity contribution in [2.45, 2.75) is 45.6 Å². The van der Waals surface area contributed by atoms with E-state index in [1.165, 1.54) is 11.0 Å². The van der Waals surface area contributed by atoms with E-state index in [1.54, 1.807) is 37.3 Å². The second-order valence-electron chi connectivity index (χ2n) is 9.63. The minimum Gasteiger partial charge on any atom is -0.490 e. The third-order valence-corrected chi connectivity index (χ3v) is 7.23. The Morgan fingerprint density at radius 3 is 2.50 bits per heavy atom. The fraction of sp³-hybridized carbons (Fsp3) is 0.357. The van der Waals surface area contributed by atoms with Crippen LogP contribution in [-0.4, -0.2) is 41.4 Å². The highest BCUT2D eigenvalue weighted by atomic mass is 16.6. The van der Waals surface area contributed by atoms with Crippen LogP contribution < -0.4 is 14.8 Å². The molecule has 1 N–H and O–H groups in total. The van der Waals surface area contributed by atoms with Crippen molar-refractivity contribution in [3.63, 3.8) is 0 Å². The molecule has 0 unspecified atom stereocenters. The first-order valence-electron chi connectivity index (χ1n) is 12.3. The Labute approximate surface area is 209 Å². The normalized spacial score (nSPS) is 24.3. The third-order valence-electron chi connectivity index (χ3n) is 7.23. The van der Waals surface area contributed by atoms with E-state index in [4.69, 9.17) is 9.47 Å². The molecule has 3 atom stereocenters. The van der Waals surface area contributed by atoms with Crippen LogP contribution in [0.4, 0.5) is 4.79 Å². The van der Waals surface area contributed by atoms with E-state index >= 15 is 0 Å². The standard InChI is InChI=1S/C28H28N2O6/c1-3-35-24-15-18(7-11-23(24)36-27(33)19-8-4-16(2)5-9-19)13-21-25(31)29-28(34)30(26(21)32)22-14-17-6-10-20(22)12-17/h4-5,7-9,11,13,15,17,20,22H,3,6,10,12,14H2,1-2H3,(H,29,31,34)/b21-13+/t17-,20-,22-/m0/s1. The Morgan fingerprint density at radius 2 is 1.83 bits per heavy atom. The number of nitrogens with zero attached hydrogens (tertiary/aromatic N) is 1. The summed E-state index contributed by atoms with van der Waals surface area (Å²) in [5, 5.41) is 2.32. The number of carbonyl (C=O) groups is 4. The van der Waals surface area contributed by atoms with Gasteiger partial charge in [0.2, 0.25) is 0 Å². The van der Waals surface area contributed by atoms with Crippen LogP contribution in [0.2, 0.25) is 0 Å². The summed E-state index contributed by atoms with van der Waals surface area (Å²) in [6, 6.07) is 11.0. The molecule has 8 nitrogen and oxygen atoms in total. The van der Waals surface area contributed by atoms with E-state index in [0.717, 1.165) is 31.2 Å². The van der Waals surface area contributed by atoms with Crippen LogP contribution in [0.1, 0.15) is 54.1 Å². The summed E-state index contributed by atoms with van der Waals surface area (Å²) in [5.41, 5.74) is 1.84. The molecule has 0 spiro atoms. The molecule has 2 aromatic carbocycles. The van der Waals surface area contributed by atoms with Gasteiger partial charge in [-0.3, -0.25) is 19.8 Å². The summed E-state index contributed by atoms with van der Waals surface area (Å²) in [4.78, 5) is 52.3. The largest absolute Gasteiger partial charge is 0.490 e. The zero-order chi connectivity index (χ0) is 25.4. The van der Waals surface area contributed by atoms with E-state index < -0.39 is 23.8 Å². The Hall–Kier alpha value is -3.94. The Bertz CT molecular complexity index is 1270. The van der Waals surface area contributed by atoms with Crippen molar-refractivity contribution in [1.82, 2.24) is 10.2 Å². The molecular weight excluding hydrogens is 460 g/mol. The summed E-state index contributed by atoms with van der Waals surface area (Å²) >= 11 is 0. The summed E-state index contributed by atoms with van der Waals surface area (Å²) in [5.74, 6) is -0.462. The van der Waals surface area contributed by atoms with Gasteiger partial charge in [0.25, 0.3) is 11.8 Å². The maximum atomic E-state index is 13.3. The number of imide groups is 2. The first kappa shape index (κ1) is 23.8. The highest BCUT2D eigenvalue weighted by molar-refractivity contribution is 6.31. The predicted octanol–water partition coefficient (Wildman–Crippen LogP) is 4.26. The van der Waals surface area contributed by atoms with Crippen molar-refractivity contribution >= 4 is 29.9 Å². The molecule has 0 aromatic heterocycles. The summed E-state index contributed by atoms with van der Waals surface area (Å²) in [7, 11) is 0. The Morgan fingerprint density at radius 1 is 1.06 bits per heavy atom. The van der Waals surface area contributed by atoms with Gasteiger partial charge < -0.3 is 9.47 Å². The van der Waals surface area contributed by atoms with Crippen molar-refractivity contribution in [2.75, 3.05) is 6.61 Å². The molecule has 1 heterocycles. The maximum absolute atomic E-state index is 13.3. The van der Waals surface area contributed by atoms with Crippen molar-refractivity contribution < 1.29 is 28.7 Å². The lowest BCUT2D eigenvalue weighted by molar-refractivity contribution is -0.132. The topological polar surface area (TPSA) is 102 Å². The molecule has 1 aliphatic heterocycles. The molecule has 5 rings (SSSR count). The molecule has 1 saturated heterocycles. The van der Waals surface area contributed by atoms with Crippen LogP contribution in [0.25, 0.3) is 6.08 Å². The number of carbonyl (C=O) groups excluding carboxylic acids is 4. The zero-order valence-electron chi connectivity index (χ0n) is 20.3. The summed E-state index contributed by atoms with van der Waals surface area (Å²) in [6.45, 7) is 4.05. The lowest BCUT2D eigenvalue weighted by atomic mass is 9.93. The quantitative estimate of drug-likeness (QED) is 0.282. The number of rotatable bonds is 6. The van der Waals surface area contributed by atoms with Crippen LogP contribution in [0.3, 0.4) is 0 Å². The molecular formula is C28H28N2O6. The van der Waals surface area contributed by atoms with Gasteiger partial charge in [0, 0.05) is 6.04 Å². The smallest absolute Gasteiger partial charge is 0.343 e. The molecule has 0 radical (unpaired) electrons. The number of fused-ring (bicyclic) bond motifs is 2. The minimum atomic E-state index is -0.725. The van der Waals surface area contributed by atoms with Gasteiger partial charge in [-0.15, -0.1) is 0 Å². The molecule has 3 fully saturated rings. The molecule has 2 aromatic rings. The zero-order valence-corrected chi connectivity index (χ0v) is 20.3. The second kappa shape index (κ2) is 9.60. The van der Waals surface area contributed by atoms with Crippen LogP contribution in [-0.2, 0) is 9.59 Å². The minimum absolute atomic E-state index is 0.107. The van der Waals surface area contributed by atoms with Gasteiger partial charge in [0.1, 0.15) is 5.57 Å². The van der Waals surface area contributed by atoms with E-state index in [0.29, 0.717) is 35.3 Å². The van der Waals surface area contributed by atoms with E-state index in [-0.39, 0.29) is 17.4 Å². The molecule has 2 bridgehead atoms. The van der Waals surface area contributed by atoms with Gasteiger partial charge in [-0.2, -0.15) is 0 Å². The van der Waals surface area contributed by atoms with Crippen LogP contribution >= 0.6 is 0 Å². The maximum Gasteiger partial charge on any atom is 0.343 e. The lowest BCUT2D eigenvalue weighted by Crippen LogP contribution is -2.58. The summed E-state index contributed by atoms with van der Waals surface area (Å²) in [6.07, 6.45) is 5.39. The number of barbiturate groups is 1. The van der Waals surface area contributed by atoms with Crippen LogP contribution in [0.5, 0.6) is 11.5 Å². The number of benzene rings is 2. The predicted molar refractivity (Wildman–Crippen MR) is 131 cm³/mol. The van der Waals surface area contributed by atoms with Gasteiger partial charge >= 0.3 is 12.0 Å². The van der Waals surface area contributed by atoms with Crippen LogP contribution in [0.15, 0.2) is 48.0 Å². The molecule has 36 heavy (non-hydrogen) atoms. The molecule has 4 amide bonds. The molecule has 8 heteroatoms. The first-order chi connectivity index (χ1) is 17.3. The molecule has 186 valence electrons. The second-order valence-corrected chi connectivity index (χ2v) is 9.63. The monoisotopic (exact) mass is 488 g/mol. The number of hydrogen-bond donors (Lipinski definition) is 1. The average Bonchev–Trinajstić information content (AvgIpc) is 3.47. The first-order valence-corrected chi connectivity index (χ1v) is 12.3. The SMILES string of the molecule is CCOc1cc(/C=C2\C(=O)NC(=O)N([C@H]3C[C@H]4CC[C@H]3C4)C2=O)ccc1OC(=O)c1ccc(C)cc1. The van der Waals surface area contributed by atoms with E-state index in [2.05, 4.69) is 5.32 Å². The number of amides is 4. The molecule has 3 aliphatic rings. The summed E-state index contributed by atoms with van der Waals surface area (Å²) < 4.78 is 11.2. The average molecular weight is 489 g/mol. The lowest BCUT2D eigenvalue weighted by Gasteiger charge is -2.35. The van der Waals surface area contributed by atoms with Gasteiger partial charge in [-0.05, 0) is 80.9 Å². The third kappa shape index (κ3) is 4.51. The highest BCUT2D eigenvalue weighted by Gasteiger charge is 2.49. The fourth-order valence-corrected chi connectivity index (χ4v) is 5.48. The van der Waals surface area contributed by atoms with Crippen molar-refractivity contribution in [3.05, 3.63) is 64.7 Å². The van der Waals surface area contributed by atoms with Crippen molar-refractivity contribution in [1.29, 1.82) is 0 Å². The van der Waals surface area contributed by atoms with Crippen molar-refractivity contribution in [2.24, 2.45) is 11.8 Å². The number of nitrogens with one attached hydrogen (secondary N) is 1. The number of urea groups is 1. The van der Waals surface area contributed by atoms with E-state index in [1.807, 2.05) is 19.1 Å². The Kier molecular flexibility index (Phi) is 6.35. The van der Waals surface area contributed by atoms with E-state index in [9.17, 15) is 19.2 Å². The van der Waals surface area contributed by atoms with Gasteiger partial charge in [0.15, 0.2) is 11.5 Å².